The minimum Gasteiger partial charge on any atom is -0.478 e. The predicted octanol–water partition coefficient (Wildman–Crippen LogP) is -1.28. The van der Waals surface area contributed by atoms with Crippen molar-refractivity contribution in [1.29, 1.82) is 0 Å². The number of para-hydroxylation sites is 1. The summed E-state index contributed by atoms with van der Waals surface area (Å²) in [6, 6.07) is 7.77. The van der Waals surface area contributed by atoms with Gasteiger partial charge in [0.25, 0.3) is 11.6 Å². The largest absolute Gasteiger partial charge is 0.478 e. The molecule has 92 valence electrons. The molecular formula is C10H12N2O5. The fourth-order valence-electron chi connectivity index (χ4n) is 1.19. The third-order valence-corrected chi connectivity index (χ3v) is 2.10. The highest BCUT2D eigenvalue weighted by molar-refractivity contribution is 5.91. The number of carbonyl (C=O) groups excluding carboxylic acids is 1. The van der Waals surface area contributed by atoms with Crippen molar-refractivity contribution in [1.82, 2.24) is 0 Å². The second-order valence-corrected chi connectivity index (χ2v) is 3.37. The lowest BCUT2D eigenvalue weighted by atomic mass is 10.1. The van der Waals surface area contributed by atoms with Crippen LogP contribution in [0, 0.1) is 0 Å². The first-order valence-electron chi connectivity index (χ1n) is 4.64. The number of nitrogens with two attached hydrogens (primary N) is 1. The van der Waals surface area contributed by atoms with Crippen molar-refractivity contribution in [3.63, 3.8) is 0 Å². The lowest BCUT2D eigenvalue weighted by molar-refractivity contribution is -0.170. The summed E-state index contributed by atoms with van der Waals surface area (Å²) in [6.45, 7) is 0. The molecule has 2 atom stereocenters. The quantitative estimate of drug-likeness (QED) is 0.407. The summed E-state index contributed by atoms with van der Waals surface area (Å²) in [6.07, 6.45) is -2.28. The Kier molecular flexibility index (Phi) is 3.66. The SMILES string of the molecule is NC(=O)C(O)C(O)(Nc1ccccc1)C(=O)O. The summed E-state index contributed by atoms with van der Waals surface area (Å²) < 4.78 is 0. The molecule has 2 unspecified atom stereocenters. The van der Waals surface area contributed by atoms with E-state index in [4.69, 9.17) is 10.8 Å². The van der Waals surface area contributed by atoms with E-state index in [-0.39, 0.29) is 5.69 Å². The number of aliphatic hydroxyl groups is 2. The second-order valence-electron chi connectivity index (χ2n) is 3.37. The van der Waals surface area contributed by atoms with Crippen LogP contribution >= 0.6 is 0 Å². The van der Waals surface area contributed by atoms with Gasteiger partial charge in [0.15, 0.2) is 6.10 Å². The van der Waals surface area contributed by atoms with Crippen molar-refractivity contribution in [2.24, 2.45) is 5.73 Å². The van der Waals surface area contributed by atoms with Gasteiger partial charge in [0.05, 0.1) is 0 Å². The smallest absolute Gasteiger partial charge is 0.360 e. The monoisotopic (exact) mass is 240 g/mol. The van der Waals surface area contributed by atoms with Crippen LogP contribution < -0.4 is 11.1 Å². The average Bonchev–Trinajstić information content (AvgIpc) is 2.28. The highest BCUT2D eigenvalue weighted by Crippen LogP contribution is 2.17. The number of carboxylic acid groups (broad SMARTS) is 1. The molecular weight excluding hydrogens is 228 g/mol. The standard InChI is InChI=1S/C10H12N2O5/c11-8(14)7(13)10(17,9(15)16)12-6-4-2-1-3-5-6/h1-5,7,12-13,17H,(H2,11,14)(H,15,16). The van der Waals surface area contributed by atoms with E-state index < -0.39 is 23.7 Å². The van der Waals surface area contributed by atoms with E-state index in [1.807, 2.05) is 0 Å². The highest BCUT2D eigenvalue weighted by atomic mass is 16.4. The second kappa shape index (κ2) is 4.81. The Morgan fingerprint density at radius 1 is 1.29 bits per heavy atom. The topological polar surface area (TPSA) is 133 Å². The molecule has 0 aliphatic carbocycles. The molecule has 7 heteroatoms. The zero-order valence-corrected chi connectivity index (χ0v) is 8.70. The number of nitrogens with one attached hydrogen (secondary N) is 1. The maximum absolute atomic E-state index is 10.9. The van der Waals surface area contributed by atoms with Gasteiger partial charge in [0.1, 0.15) is 0 Å². The Hall–Kier alpha value is -2.12. The molecule has 17 heavy (non-hydrogen) atoms. The highest BCUT2D eigenvalue weighted by Gasteiger charge is 2.47. The lowest BCUT2D eigenvalue weighted by Gasteiger charge is -2.28. The summed E-state index contributed by atoms with van der Waals surface area (Å²) >= 11 is 0. The van der Waals surface area contributed by atoms with Crippen LogP contribution in [-0.4, -0.2) is 39.0 Å². The zero-order chi connectivity index (χ0) is 13.1. The molecule has 0 aliphatic rings. The maximum Gasteiger partial charge on any atom is 0.360 e. The number of hydrogen-bond acceptors (Lipinski definition) is 5. The van der Waals surface area contributed by atoms with Crippen LogP contribution in [0.15, 0.2) is 30.3 Å². The lowest BCUT2D eigenvalue weighted by Crippen LogP contribution is -2.60. The molecule has 6 N–H and O–H groups in total. The van der Waals surface area contributed by atoms with E-state index in [9.17, 15) is 19.8 Å². The van der Waals surface area contributed by atoms with Crippen molar-refractivity contribution in [2.75, 3.05) is 5.32 Å². The number of rotatable bonds is 5. The Bertz CT molecular complexity index is 422. The van der Waals surface area contributed by atoms with Gasteiger partial charge in [-0.05, 0) is 12.1 Å². The van der Waals surface area contributed by atoms with E-state index in [1.165, 1.54) is 12.1 Å². The molecule has 0 saturated heterocycles. The Balaban J connectivity index is 3.02. The van der Waals surface area contributed by atoms with Crippen LogP contribution in [-0.2, 0) is 9.59 Å². The molecule has 0 aliphatic heterocycles. The summed E-state index contributed by atoms with van der Waals surface area (Å²) in [5.74, 6) is -3.16. The van der Waals surface area contributed by atoms with Crippen LogP contribution in [0.5, 0.6) is 0 Å². The van der Waals surface area contributed by atoms with Crippen LogP contribution in [0.4, 0.5) is 5.69 Å². The number of benzene rings is 1. The number of aliphatic hydroxyl groups excluding tert-OH is 1. The number of amides is 1. The van der Waals surface area contributed by atoms with Gasteiger partial charge in [0.2, 0.25) is 0 Å². The minimum absolute atomic E-state index is 0.220. The van der Waals surface area contributed by atoms with Crippen molar-refractivity contribution in [2.45, 2.75) is 11.8 Å². The zero-order valence-electron chi connectivity index (χ0n) is 8.70. The third-order valence-electron chi connectivity index (χ3n) is 2.10. The fourth-order valence-corrected chi connectivity index (χ4v) is 1.19. The van der Waals surface area contributed by atoms with Crippen molar-refractivity contribution >= 4 is 17.6 Å². The summed E-state index contributed by atoms with van der Waals surface area (Å²) in [7, 11) is 0. The van der Waals surface area contributed by atoms with Crippen LogP contribution in [0.3, 0.4) is 0 Å². The molecule has 0 bridgehead atoms. The molecule has 0 fully saturated rings. The van der Waals surface area contributed by atoms with Crippen molar-refractivity contribution in [3.05, 3.63) is 30.3 Å². The van der Waals surface area contributed by atoms with Crippen LogP contribution in [0.25, 0.3) is 0 Å². The van der Waals surface area contributed by atoms with E-state index in [0.29, 0.717) is 0 Å². The van der Waals surface area contributed by atoms with Gasteiger partial charge < -0.3 is 26.4 Å². The molecule has 1 rings (SSSR count). The van der Waals surface area contributed by atoms with E-state index in [2.05, 4.69) is 5.32 Å². The fraction of sp³-hybridized carbons (Fsp3) is 0.200. The Morgan fingerprint density at radius 2 is 1.82 bits per heavy atom. The van der Waals surface area contributed by atoms with E-state index in [1.54, 1.807) is 18.2 Å². The normalized spacial score (nSPS) is 15.6. The van der Waals surface area contributed by atoms with Crippen molar-refractivity contribution < 1.29 is 24.9 Å². The number of hydrogen-bond donors (Lipinski definition) is 5. The molecule has 1 aromatic carbocycles. The first-order chi connectivity index (χ1) is 7.88. The first-order valence-corrected chi connectivity index (χ1v) is 4.64. The first kappa shape index (κ1) is 12.9. The molecule has 0 saturated carbocycles. The molecule has 0 heterocycles. The number of primary amides is 1. The predicted molar refractivity (Wildman–Crippen MR) is 57.9 cm³/mol. The molecule has 1 aromatic rings. The number of carbonyl (C=O) groups is 2. The summed E-state index contributed by atoms with van der Waals surface area (Å²) in [5, 5.41) is 30.0. The van der Waals surface area contributed by atoms with Crippen molar-refractivity contribution in [3.8, 4) is 0 Å². The van der Waals surface area contributed by atoms with Gasteiger partial charge in [0, 0.05) is 5.69 Å². The molecule has 0 radical (unpaired) electrons. The van der Waals surface area contributed by atoms with Gasteiger partial charge in [-0.25, -0.2) is 4.79 Å². The van der Waals surface area contributed by atoms with Gasteiger partial charge >= 0.3 is 5.97 Å². The number of aliphatic carboxylic acids is 1. The van der Waals surface area contributed by atoms with E-state index >= 15 is 0 Å². The van der Waals surface area contributed by atoms with Gasteiger partial charge in [-0.3, -0.25) is 4.79 Å². The maximum atomic E-state index is 10.9. The van der Waals surface area contributed by atoms with Crippen LogP contribution in [0.2, 0.25) is 0 Å². The molecule has 0 aromatic heterocycles. The number of anilines is 1. The van der Waals surface area contributed by atoms with Crippen LogP contribution in [0.1, 0.15) is 0 Å². The minimum atomic E-state index is -2.87. The van der Waals surface area contributed by atoms with E-state index in [0.717, 1.165) is 0 Å². The third kappa shape index (κ3) is 2.71. The molecule has 1 amide bonds. The van der Waals surface area contributed by atoms with Gasteiger partial charge in [-0.15, -0.1) is 0 Å². The Morgan fingerprint density at radius 3 is 2.24 bits per heavy atom. The summed E-state index contributed by atoms with van der Waals surface area (Å²) in [5.41, 5.74) is 2.11. The number of carboxylic acids is 1. The Labute approximate surface area is 96.5 Å². The average molecular weight is 240 g/mol. The van der Waals surface area contributed by atoms with Gasteiger partial charge in [-0.1, -0.05) is 18.2 Å². The molecule has 7 nitrogen and oxygen atoms in total. The summed E-state index contributed by atoms with van der Waals surface area (Å²) in [4.78, 5) is 21.6. The molecule has 0 spiro atoms. The van der Waals surface area contributed by atoms with Gasteiger partial charge in [-0.2, -0.15) is 0 Å².